The molecular formula is C20H20N2O5S2. The molecule has 1 saturated heterocycles. The van der Waals surface area contributed by atoms with Crippen LogP contribution < -0.4 is 14.9 Å². The van der Waals surface area contributed by atoms with Crippen molar-refractivity contribution in [1.82, 2.24) is 5.43 Å². The third-order valence-electron chi connectivity index (χ3n) is 3.79. The minimum absolute atomic E-state index is 0.133. The predicted molar refractivity (Wildman–Crippen MR) is 115 cm³/mol. The van der Waals surface area contributed by atoms with Crippen LogP contribution in [0.15, 0.2) is 53.6 Å². The minimum Gasteiger partial charge on any atom is -0.484 e. The van der Waals surface area contributed by atoms with Gasteiger partial charge in [-0.15, -0.1) is 23.5 Å². The lowest BCUT2D eigenvalue weighted by molar-refractivity contribution is -0.139. The third kappa shape index (κ3) is 7.03. The number of carbonyl (C=O) groups excluding carboxylic acids is 1. The molecule has 0 saturated carbocycles. The lowest BCUT2D eigenvalue weighted by Gasteiger charge is -2.10. The van der Waals surface area contributed by atoms with Crippen LogP contribution in [-0.2, 0) is 9.59 Å². The summed E-state index contributed by atoms with van der Waals surface area (Å²) in [5.74, 6) is 2.03. The summed E-state index contributed by atoms with van der Waals surface area (Å²) in [6.45, 7) is -0.531. The van der Waals surface area contributed by atoms with E-state index in [0.29, 0.717) is 16.1 Å². The van der Waals surface area contributed by atoms with Crippen LogP contribution in [0.25, 0.3) is 0 Å². The van der Waals surface area contributed by atoms with Crippen molar-refractivity contribution in [3.8, 4) is 11.5 Å². The van der Waals surface area contributed by atoms with Crippen molar-refractivity contribution in [2.75, 3.05) is 24.7 Å². The summed E-state index contributed by atoms with van der Waals surface area (Å²) in [5, 5.41) is 12.5. The number of ether oxygens (including phenoxy) is 2. The molecule has 1 aliphatic heterocycles. The Hall–Kier alpha value is -2.65. The zero-order valence-corrected chi connectivity index (χ0v) is 17.1. The highest BCUT2D eigenvalue weighted by Gasteiger charge is 2.17. The number of thioether (sulfide) groups is 2. The summed E-state index contributed by atoms with van der Waals surface area (Å²) in [4.78, 5) is 22.3. The topological polar surface area (TPSA) is 97.2 Å². The largest absolute Gasteiger partial charge is 0.484 e. The van der Waals surface area contributed by atoms with E-state index in [1.807, 2.05) is 47.8 Å². The fraction of sp³-hybridized carbons (Fsp3) is 0.250. The summed E-state index contributed by atoms with van der Waals surface area (Å²) in [6.07, 6.45) is 1.48. The van der Waals surface area contributed by atoms with Crippen LogP contribution in [0.5, 0.6) is 11.5 Å². The molecule has 2 aromatic rings. The smallest absolute Gasteiger partial charge is 0.341 e. The molecule has 0 bridgehead atoms. The number of rotatable bonds is 9. The molecule has 3 rings (SSSR count). The maximum Gasteiger partial charge on any atom is 0.341 e. The zero-order chi connectivity index (χ0) is 20.5. The van der Waals surface area contributed by atoms with E-state index in [1.165, 1.54) is 23.3 Å². The number of carboxylic acid groups (broad SMARTS) is 1. The SMILES string of the molecule is O=C(O)COc1ccc(/C=N\NC(=O)COc2ccc(C3SCCS3)cc2)cc1. The molecule has 1 fully saturated rings. The number of benzene rings is 2. The number of hydrogen-bond donors (Lipinski definition) is 2. The molecule has 0 unspecified atom stereocenters. The van der Waals surface area contributed by atoms with Crippen molar-refractivity contribution in [2.45, 2.75) is 4.58 Å². The van der Waals surface area contributed by atoms with Crippen molar-refractivity contribution in [1.29, 1.82) is 0 Å². The van der Waals surface area contributed by atoms with E-state index >= 15 is 0 Å². The van der Waals surface area contributed by atoms with E-state index in [2.05, 4.69) is 10.5 Å². The molecule has 1 heterocycles. The Morgan fingerprint density at radius 2 is 1.59 bits per heavy atom. The summed E-state index contributed by atoms with van der Waals surface area (Å²) in [7, 11) is 0. The van der Waals surface area contributed by atoms with Gasteiger partial charge in [-0.2, -0.15) is 5.10 Å². The first-order valence-corrected chi connectivity index (χ1v) is 10.9. The number of carbonyl (C=O) groups is 2. The standard InChI is InChI=1S/C20H20N2O5S2/c23-18(12-26-17-7-3-15(4-8-17)20-28-9-10-29-20)22-21-11-14-1-5-16(6-2-14)27-13-19(24)25/h1-8,11,20H,9-10,12-13H2,(H,22,23)(H,24,25)/b21-11-. The highest BCUT2D eigenvalue weighted by Crippen LogP contribution is 2.45. The highest BCUT2D eigenvalue weighted by molar-refractivity contribution is 8.19. The second-order valence-electron chi connectivity index (χ2n) is 5.98. The van der Waals surface area contributed by atoms with Crippen molar-refractivity contribution < 1.29 is 24.2 Å². The second kappa shape index (κ2) is 10.8. The number of nitrogens with zero attached hydrogens (tertiary/aromatic N) is 1. The summed E-state index contributed by atoms with van der Waals surface area (Å²) >= 11 is 3.89. The van der Waals surface area contributed by atoms with Crippen LogP contribution >= 0.6 is 23.5 Å². The number of hydrazone groups is 1. The summed E-state index contributed by atoms with van der Waals surface area (Å²) < 4.78 is 11.0. The van der Waals surface area contributed by atoms with Gasteiger partial charge in [0.15, 0.2) is 13.2 Å². The van der Waals surface area contributed by atoms with Gasteiger partial charge >= 0.3 is 5.97 Å². The molecule has 0 aromatic heterocycles. The van der Waals surface area contributed by atoms with Gasteiger partial charge in [-0.05, 0) is 47.5 Å². The molecule has 2 aromatic carbocycles. The molecule has 152 valence electrons. The van der Waals surface area contributed by atoms with Crippen molar-refractivity contribution in [3.63, 3.8) is 0 Å². The number of carboxylic acids is 1. The van der Waals surface area contributed by atoms with E-state index in [0.717, 1.165) is 5.56 Å². The van der Waals surface area contributed by atoms with Gasteiger partial charge in [0.1, 0.15) is 11.5 Å². The summed E-state index contributed by atoms with van der Waals surface area (Å²) in [6, 6.07) is 14.5. The minimum atomic E-state index is -1.04. The Morgan fingerprint density at radius 3 is 2.21 bits per heavy atom. The van der Waals surface area contributed by atoms with Gasteiger partial charge in [-0.1, -0.05) is 12.1 Å². The Morgan fingerprint density at radius 1 is 1.00 bits per heavy atom. The first kappa shape index (κ1) is 21.1. The Kier molecular flexibility index (Phi) is 7.83. The van der Waals surface area contributed by atoms with Gasteiger partial charge in [0.05, 0.1) is 10.8 Å². The van der Waals surface area contributed by atoms with E-state index in [-0.39, 0.29) is 12.5 Å². The maximum absolute atomic E-state index is 11.9. The highest BCUT2D eigenvalue weighted by atomic mass is 32.2. The number of aliphatic carboxylic acids is 1. The molecule has 29 heavy (non-hydrogen) atoms. The van der Waals surface area contributed by atoms with Crippen molar-refractivity contribution >= 4 is 41.6 Å². The predicted octanol–water partition coefficient (Wildman–Crippen LogP) is 3.16. The van der Waals surface area contributed by atoms with E-state index in [9.17, 15) is 9.59 Å². The van der Waals surface area contributed by atoms with Gasteiger partial charge in [0, 0.05) is 11.5 Å². The normalized spacial score (nSPS) is 14.1. The second-order valence-corrected chi connectivity index (χ2v) is 8.70. The number of nitrogens with one attached hydrogen (secondary N) is 1. The number of hydrogen-bond acceptors (Lipinski definition) is 7. The molecule has 1 aliphatic rings. The van der Waals surface area contributed by atoms with Crippen molar-refractivity contribution in [2.24, 2.45) is 5.10 Å². The van der Waals surface area contributed by atoms with E-state index in [4.69, 9.17) is 14.6 Å². The zero-order valence-electron chi connectivity index (χ0n) is 15.4. The third-order valence-corrected chi connectivity index (χ3v) is 6.89. The van der Waals surface area contributed by atoms with Crippen LogP contribution in [0.2, 0.25) is 0 Å². The van der Waals surface area contributed by atoms with Gasteiger partial charge in [0.2, 0.25) is 0 Å². The van der Waals surface area contributed by atoms with Crippen LogP contribution in [0.4, 0.5) is 0 Å². The van der Waals surface area contributed by atoms with Crippen LogP contribution in [-0.4, -0.2) is 47.9 Å². The lowest BCUT2D eigenvalue weighted by atomic mass is 10.2. The molecule has 2 N–H and O–H groups in total. The van der Waals surface area contributed by atoms with Crippen LogP contribution in [0.1, 0.15) is 15.7 Å². The molecule has 7 nitrogen and oxygen atoms in total. The average molecular weight is 433 g/mol. The fourth-order valence-corrected chi connectivity index (χ4v) is 5.29. The Balaban J connectivity index is 1.39. The van der Waals surface area contributed by atoms with Gasteiger partial charge in [-0.25, -0.2) is 10.2 Å². The maximum atomic E-state index is 11.9. The van der Waals surface area contributed by atoms with E-state index < -0.39 is 12.6 Å². The molecule has 0 spiro atoms. The van der Waals surface area contributed by atoms with Gasteiger partial charge < -0.3 is 14.6 Å². The first-order valence-electron chi connectivity index (χ1n) is 8.83. The molecule has 0 aliphatic carbocycles. The quantitative estimate of drug-likeness (QED) is 0.464. The Labute approximate surface area is 176 Å². The lowest BCUT2D eigenvalue weighted by Crippen LogP contribution is -2.24. The van der Waals surface area contributed by atoms with Crippen LogP contribution in [0, 0.1) is 0 Å². The van der Waals surface area contributed by atoms with E-state index in [1.54, 1.807) is 24.3 Å². The number of amides is 1. The fourth-order valence-electron chi connectivity index (χ4n) is 2.43. The van der Waals surface area contributed by atoms with Gasteiger partial charge in [0.25, 0.3) is 5.91 Å². The average Bonchev–Trinajstić information content (AvgIpc) is 3.27. The molecule has 1 amide bonds. The van der Waals surface area contributed by atoms with Crippen molar-refractivity contribution in [3.05, 3.63) is 59.7 Å². The van der Waals surface area contributed by atoms with Crippen LogP contribution in [0.3, 0.4) is 0 Å². The Bertz CT molecular complexity index is 850. The molecule has 9 heteroatoms. The molecular weight excluding hydrogens is 412 g/mol. The summed E-state index contributed by atoms with van der Waals surface area (Å²) in [5.41, 5.74) is 4.39. The first-order chi connectivity index (χ1) is 14.1. The monoisotopic (exact) mass is 432 g/mol. The van der Waals surface area contributed by atoms with Gasteiger partial charge in [-0.3, -0.25) is 4.79 Å². The molecule has 0 atom stereocenters. The molecule has 0 radical (unpaired) electrons.